The number of rotatable bonds is 51. The molecular weight excluding hydrogens is 769 g/mol. The molecule has 0 spiro atoms. The van der Waals surface area contributed by atoms with E-state index in [0.717, 1.165) is 64.2 Å². The van der Waals surface area contributed by atoms with Crippen LogP contribution in [-0.2, 0) is 28.6 Å². The predicted octanol–water partition coefficient (Wildman–Crippen LogP) is 18.2. The predicted molar refractivity (Wildman–Crippen MR) is 266 cm³/mol. The zero-order valence-corrected chi connectivity index (χ0v) is 41.9. The number of ether oxygens (including phenoxy) is 3. The van der Waals surface area contributed by atoms with E-state index >= 15 is 0 Å². The van der Waals surface area contributed by atoms with Crippen molar-refractivity contribution in [2.75, 3.05) is 13.2 Å². The first-order valence-corrected chi connectivity index (χ1v) is 27.7. The van der Waals surface area contributed by atoms with Crippen LogP contribution in [0.1, 0.15) is 310 Å². The summed E-state index contributed by atoms with van der Waals surface area (Å²) in [4.78, 5) is 38.0. The first-order chi connectivity index (χ1) is 30.5. The second-order valence-electron chi connectivity index (χ2n) is 18.9. The fraction of sp³-hybridized carbons (Fsp3) is 0.911. The van der Waals surface area contributed by atoms with Gasteiger partial charge in [0.25, 0.3) is 0 Å². The van der Waals surface area contributed by atoms with Gasteiger partial charge in [-0.15, -0.1) is 0 Å². The van der Waals surface area contributed by atoms with Crippen molar-refractivity contribution in [3.05, 3.63) is 12.2 Å². The van der Waals surface area contributed by atoms with Crippen molar-refractivity contribution in [2.45, 2.75) is 316 Å². The Kier molecular flexibility index (Phi) is 50.2. The molecule has 6 nitrogen and oxygen atoms in total. The maximum absolute atomic E-state index is 12.8. The van der Waals surface area contributed by atoms with Gasteiger partial charge in [-0.25, -0.2) is 0 Å². The average Bonchev–Trinajstić information content (AvgIpc) is 3.27. The van der Waals surface area contributed by atoms with Crippen LogP contribution in [0.4, 0.5) is 0 Å². The molecule has 0 bridgehead atoms. The summed E-state index contributed by atoms with van der Waals surface area (Å²) < 4.78 is 16.8. The van der Waals surface area contributed by atoms with Gasteiger partial charge >= 0.3 is 17.9 Å². The molecule has 62 heavy (non-hydrogen) atoms. The molecule has 1 unspecified atom stereocenters. The van der Waals surface area contributed by atoms with Crippen LogP contribution in [-0.4, -0.2) is 37.2 Å². The number of carbonyl (C=O) groups is 3. The summed E-state index contributed by atoms with van der Waals surface area (Å²) in [6.45, 7) is 6.67. The SMILES string of the molecule is CCCCCCCC/C=C\CCCCCCCC(=O)OC(COC(=O)CCCCCCCCCCCCCC)COC(=O)CCCCCCCCCCCCCCCCCCC. The van der Waals surface area contributed by atoms with E-state index in [9.17, 15) is 14.4 Å². The van der Waals surface area contributed by atoms with Gasteiger partial charge in [0.15, 0.2) is 6.10 Å². The topological polar surface area (TPSA) is 78.9 Å². The molecule has 0 aliphatic rings. The van der Waals surface area contributed by atoms with Crippen molar-refractivity contribution >= 4 is 17.9 Å². The monoisotopic (exact) mass is 875 g/mol. The highest BCUT2D eigenvalue weighted by Crippen LogP contribution is 2.17. The fourth-order valence-corrected chi connectivity index (χ4v) is 8.32. The van der Waals surface area contributed by atoms with Gasteiger partial charge in [0.05, 0.1) is 0 Å². The van der Waals surface area contributed by atoms with E-state index in [1.807, 2.05) is 0 Å². The molecule has 0 saturated carbocycles. The minimum atomic E-state index is -0.768. The Labute approximate surface area is 386 Å². The van der Waals surface area contributed by atoms with E-state index in [1.165, 1.54) is 205 Å². The summed E-state index contributed by atoms with van der Waals surface area (Å²) >= 11 is 0. The van der Waals surface area contributed by atoms with Crippen molar-refractivity contribution in [3.8, 4) is 0 Å². The fourth-order valence-electron chi connectivity index (χ4n) is 8.32. The lowest BCUT2D eigenvalue weighted by molar-refractivity contribution is -0.167. The van der Waals surface area contributed by atoms with E-state index in [2.05, 4.69) is 32.9 Å². The highest BCUT2D eigenvalue weighted by Gasteiger charge is 2.19. The largest absolute Gasteiger partial charge is 0.462 e. The first kappa shape index (κ1) is 60.2. The summed E-state index contributed by atoms with van der Waals surface area (Å²) in [6, 6.07) is 0. The van der Waals surface area contributed by atoms with Crippen molar-refractivity contribution < 1.29 is 28.6 Å². The number of esters is 3. The third kappa shape index (κ3) is 49.2. The number of allylic oxidation sites excluding steroid dienone is 2. The molecule has 6 heteroatoms. The molecule has 0 rings (SSSR count). The van der Waals surface area contributed by atoms with Crippen molar-refractivity contribution in [1.29, 1.82) is 0 Å². The van der Waals surface area contributed by atoms with Crippen LogP contribution in [0.3, 0.4) is 0 Å². The quantitative estimate of drug-likeness (QED) is 0.0262. The summed E-state index contributed by atoms with van der Waals surface area (Å²) in [7, 11) is 0. The third-order valence-corrected chi connectivity index (χ3v) is 12.5. The molecule has 0 fully saturated rings. The Morgan fingerprint density at radius 2 is 0.532 bits per heavy atom. The molecule has 0 amide bonds. The number of hydrogen-bond donors (Lipinski definition) is 0. The van der Waals surface area contributed by atoms with Gasteiger partial charge in [-0.2, -0.15) is 0 Å². The van der Waals surface area contributed by atoms with Gasteiger partial charge in [-0.1, -0.05) is 258 Å². The summed E-state index contributed by atoms with van der Waals surface area (Å²) in [5, 5.41) is 0. The van der Waals surface area contributed by atoms with Gasteiger partial charge in [0.2, 0.25) is 0 Å². The van der Waals surface area contributed by atoms with E-state index < -0.39 is 6.10 Å². The molecule has 1 atom stereocenters. The molecule has 0 N–H and O–H groups in total. The zero-order chi connectivity index (χ0) is 45.1. The van der Waals surface area contributed by atoms with E-state index in [1.54, 1.807) is 0 Å². The van der Waals surface area contributed by atoms with Crippen LogP contribution in [0.5, 0.6) is 0 Å². The molecule has 0 heterocycles. The minimum Gasteiger partial charge on any atom is -0.462 e. The van der Waals surface area contributed by atoms with E-state index in [-0.39, 0.29) is 31.1 Å². The van der Waals surface area contributed by atoms with Crippen molar-refractivity contribution in [3.63, 3.8) is 0 Å². The van der Waals surface area contributed by atoms with Crippen molar-refractivity contribution in [2.24, 2.45) is 0 Å². The zero-order valence-electron chi connectivity index (χ0n) is 41.9. The molecule has 0 saturated heterocycles. The lowest BCUT2D eigenvalue weighted by Gasteiger charge is -2.18. The minimum absolute atomic E-state index is 0.0677. The van der Waals surface area contributed by atoms with Gasteiger partial charge in [-0.3, -0.25) is 14.4 Å². The average molecular weight is 875 g/mol. The summed E-state index contributed by atoms with van der Waals surface area (Å²) in [6.07, 6.45) is 57.7. The second-order valence-corrected chi connectivity index (χ2v) is 18.9. The second kappa shape index (κ2) is 51.8. The van der Waals surface area contributed by atoms with Crippen LogP contribution in [0.2, 0.25) is 0 Å². The Morgan fingerprint density at radius 1 is 0.306 bits per heavy atom. The Hall–Kier alpha value is -1.85. The number of unbranched alkanes of at least 4 members (excludes halogenated alkanes) is 38. The molecule has 0 aromatic carbocycles. The molecule has 0 aromatic heterocycles. The highest BCUT2D eigenvalue weighted by atomic mass is 16.6. The Morgan fingerprint density at radius 3 is 0.806 bits per heavy atom. The molecule has 0 aliphatic heterocycles. The maximum atomic E-state index is 12.8. The number of hydrogen-bond acceptors (Lipinski definition) is 6. The van der Waals surface area contributed by atoms with Crippen LogP contribution >= 0.6 is 0 Å². The molecule has 0 radical (unpaired) electrons. The van der Waals surface area contributed by atoms with Gasteiger partial charge in [-0.05, 0) is 44.9 Å². The maximum Gasteiger partial charge on any atom is 0.306 e. The first-order valence-electron chi connectivity index (χ1n) is 27.7. The lowest BCUT2D eigenvalue weighted by Crippen LogP contribution is -2.30. The smallest absolute Gasteiger partial charge is 0.306 e. The van der Waals surface area contributed by atoms with Crippen LogP contribution in [0.15, 0.2) is 12.2 Å². The Balaban J connectivity index is 4.31. The normalized spacial score (nSPS) is 12.0. The number of carbonyl (C=O) groups excluding carboxylic acids is 3. The van der Waals surface area contributed by atoms with Crippen LogP contribution < -0.4 is 0 Å². The summed E-state index contributed by atoms with van der Waals surface area (Å²) in [5.41, 5.74) is 0. The molecule has 366 valence electrons. The lowest BCUT2D eigenvalue weighted by atomic mass is 10.0. The van der Waals surface area contributed by atoms with Crippen molar-refractivity contribution in [1.82, 2.24) is 0 Å². The van der Waals surface area contributed by atoms with Crippen LogP contribution in [0, 0.1) is 0 Å². The molecule has 0 aromatic rings. The van der Waals surface area contributed by atoms with E-state index in [0.29, 0.717) is 19.3 Å². The third-order valence-electron chi connectivity index (χ3n) is 12.5. The standard InChI is InChI=1S/C56H106O6/c1-4-7-10-13-16-19-22-25-27-28-30-31-34-37-40-43-46-49-55(58)61-52-53(51-60-54(57)48-45-42-39-36-33-24-21-18-15-12-9-6-3)62-56(59)50-47-44-41-38-35-32-29-26-23-20-17-14-11-8-5-2/h26,29,53H,4-25,27-28,30-52H2,1-3H3/b29-26-. The highest BCUT2D eigenvalue weighted by molar-refractivity contribution is 5.71. The summed E-state index contributed by atoms with van der Waals surface area (Å²) in [5.74, 6) is -0.855. The van der Waals surface area contributed by atoms with Gasteiger partial charge in [0.1, 0.15) is 13.2 Å². The van der Waals surface area contributed by atoms with Crippen LogP contribution in [0.25, 0.3) is 0 Å². The van der Waals surface area contributed by atoms with E-state index in [4.69, 9.17) is 14.2 Å². The Bertz CT molecular complexity index is 962. The molecule has 0 aliphatic carbocycles. The van der Waals surface area contributed by atoms with Gasteiger partial charge in [0, 0.05) is 19.3 Å². The molecular formula is C56H106O6. The van der Waals surface area contributed by atoms with Gasteiger partial charge < -0.3 is 14.2 Å².